The van der Waals surface area contributed by atoms with Crippen LogP contribution in [0.4, 0.5) is 5.69 Å². The molecule has 5 nitrogen and oxygen atoms in total. The second-order valence-corrected chi connectivity index (χ2v) is 7.20. The molecule has 0 aliphatic carbocycles. The summed E-state index contributed by atoms with van der Waals surface area (Å²) in [6.07, 6.45) is 0. The van der Waals surface area contributed by atoms with Crippen molar-refractivity contribution in [1.82, 2.24) is 0 Å². The molecule has 2 aromatic rings. The van der Waals surface area contributed by atoms with Gasteiger partial charge in [-0.05, 0) is 58.5 Å². The molecule has 0 aliphatic rings. The van der Waals surface area contributed by atoms with E-state index in [9.17, 15) is 8.42 Å². The molecule has 0 amide bonds. The fourth-order valence-corrected chi connectivity index (χ4v) is 3.63. The zero-order valence-electron chi connectivity index (χ0n) is 11.3. The number of hydrogen-bond donors (Lipinski definition) is 2. The third kappa shape index (κ3) is 3.86. The first-order valence-electron chi connectivity index (χ1n) is 6.11. The first-order chi connectivity index (χ1) is 9.96. The number of anilines is 1. The lowest BCUT2D eigenvalue weighted by Crippen LogP contribution is -2.15. The molecule has 0 radical (unpaired) electrons. The van der Waals surface area contributed by atoms with Gasteiger partial charge in [0.1, 0.15) is 10.6 Å². The van der Waals surface area contributed by atoms with Gasteiger partial charge in [-0.1, -0.05) is 12.1 Å². The van der Waals surface area contributed by atoms with Gasteiger partial charge in [-0.2, -0.15) is 0 Å². The predicted molar refractivity (Wildman–Crippen MR) is 90.9 cm³/mol. The van der Waals surface area contributed by atoms with Crippen molar-refractivity contribution in [3.63, 3.8) is 0 Å². The third-order valence-electron chi connectivity index (χ3n) is 2.83. The van der Waals surface area contributed by atoms with Crippen molar-refractivity contribution >= 4 is 38.3 Å². The molecule has 112 valence electrons. The van der Waals surface area contributed by atoms with Crippen LogP contribution in [-0.2, 0) is 16.6 Å². The van der Waals surface area contributed by atoms with Crippen LogP contribution in [0.25, 0.3) is 0 Å². The van der Waals surface area contributed by atoms with Crippen LogP contribution >= 0.6 is 22.6 Å². The molecule has 3 N–H and O–H groups in total. The maximum absolute atomic E-state index is 12.5. The van der Waals surface area contributed by atoms with Crippen molar-refractivity contribution in [2.75, 3.05) is 11.8 Å². The molecular formula is C14H15IN2O3S. The maximum Gasteiger partial charge on any atom is 0.265 e. The van der Waals surface area contributed by atoms with E-state index in [1.165, 1.54) is 13.2 Å². The van der Waals surface area contributed by atoms with E-state index in [0.29, 0.717) is 5.69 Å². The highest BCUT2D eigenvalue weighted by Gasteiger charge is 2.20. The summed E-state index contributed by atoms with van der Waals surface area (Å²) in [5, 5.41) is 0. The second kappa shape index (κ2) is 6.63. The van der Waals surface area contributed by atoms with Crippen LogP contribution in [0, 0.1) is 3.57 Å². The van der Waals surface area contributed by atoms with Crippen molar-refractivity contribution in [2.45, 2.75) is 11.4 Å². The summed E-state index contributed by atoms with van der Waals surface area (Å²) in [5.74, 6) is 0.283. The Morgan fingerprint density at radius 2 is 2.00 bits per heavy atom. The average molecular weight is 418 g/mol. The van der Waals surface area contributed by atoms with Gasteiger partial charge in [-0.15, -0.1) is 0 Å². The topological polar surface area (TPSA) is 81.4 Å². The molecule has 0 aromatic heterocycles. The highest BCUT2D eigenvalue weighted by atomic mass is 127. The first-order valence-corrected chi connectivity index (χ1v) is 8.68. The van der Waals surface area contributed by atoms with Crippen molar-refractivity contribution in [3.05, 3.63) is 51.6 Å². The summed E-state index contributed by atoms with van der Waals surface area (Å²) in [6.45, 7) is 0.260. The molecule has 2 aromatic carbocycles. The lowest BCUT2D eigenvalue weighted by Gasteiger charge is -2.13. The van der Waals surface area contributed by atoms with Crippen LogP contribution in [0.5, 0.6) is 5.75 Å². The predicted octanol–water partition coefficient (Wildman–Crippen LogP) is 2.56. The van der Waals surface area contributed by atoms with Gasteiger partial charge in [0.25, 0.3) is 10.0 Å². The molecule has 0 spiro atoms. The van der Waals surface area contributed by atoms with Gasteiger partial charge in [0.05, 0.1) is 7.11 Å². The Bertz CT molecular complexity index is 748. The molecule has 0 aliphatic heterocycles. The largest absolute Gasteiger partial charge is 0.495 e. The first kappa shape index (κ1) is 16.1. The molecule has 0 fully saturated rings. The third-order valence-corrected chi connectivity index (χ3v) is 4.90. The van der Waals surface area contributed by atoms with Gasteiger partial charge >= 0.3 is 0 Å². The molecular weight excluding hydrogens is 403 g/mol. The van der Waals surface area contributed by atoms with E-state index in [4.69, 9.17) is 10.5 Å². The monoisotopic (exact) mass is 418 g/mol. The molecule has 0 heterocycles. The Morgan fingerprint density at radius 1 is 1.24 bits per heavy atom. The number of rotatable bonds is 5. The molecule has 0 saturated carbocycles. The summed E-state index contributed by atoms with van der Waals surface area (Å²) in [6, 6.07) is 12.0. The molecule has 0 atom stereocenters. The van der Waals surface area contributed by atoms with Crippen LogP contribution in [0.2, 0.25) is 0 Å². The summed E-state index contributed by atoms with van der Waals surface area (Å²) in [4.78, 5) is 0.0758. The molecule has 0 bridgehead atoms. The Labute approximate surface area is 137 Å². The highest BCUT2D eigenvalue weighted by Crippen LogP contribution is 2.27. The Hall–Kier alpha value is -1.32. The smallest absolute Gasteiger partial charge is 0.265 e. The van der Waals surface area contributed by atoms with E-state index < -0.39 is 10.0 Å². The summed E-state index contributed by atoms with van der Waals surface area (Å²) >= 11 is 2.12. The van der Waals surface area contributed by atoms with Crippen molar-refractivity contribution in [1.29, 1.82) is 0 Å². The SMILES string of the molecule is COc1ccc(CN)cc1S(=O)(=O)Nc1cccc(I)c1. The summed E-state index contributed by atoms with van der Waals surface area (Å²) in [7, 11) is -2.31. The van der Waals surface area contributed by atoms with Crippen molar-refractivity contribution < 1.29 is 13.2 Å². The van der Waals surface area contributed by atoms with E-state index in [-0.39, 0.29) is 17.2 Å². The van der Waals surface area contributed by atoms with Crippen molar-refractivity contribution in [2.24, 2.45) is 5.73 Å². The van der Waals surface area contributed by atoms with Gasteiger partial charge in [-0.25, -0.2) is 8.42 Å². The zero-order chi connectivity index (χ0) is 15.5. The quantitative estimate of drug-likeness (QED) is 0.732. The van der Waals surface area contributed by atoms with E-state index in [1.807, 2.05) is 6.07 Å². The molecule has 2 rings (SSSR count). The normalized spacial score (nSPS) is 11.2. The number of benzene rings is 2. The van der Waals surface area contributed by atoms with E-state index >= 15 is 0 Å². The molecule has 21 heavy (non-hydrogen) atoms. The number of hydrogen-bond acceptors (Lipinski definition) is 4. The Morgan fingerprint density at radius 3 is 2.62 bits per heavy atom. The van der Waals surface area contributed by atoms with E-state index in [2.05, 4.69) is 27.3 Å². The maximum atomic E-state index is 12.5. The van der Waals surface area contributed by atoms with Gasteiger partial charge in [0, 0.05) is 15.8 Å². The molecule has 0 saturated heterocycles. The molecule has 0 unspecified atom stereocenters. The summed E-state index contributed by atoms with van der Waals surface area (Å²) in [5.41, 5.74) is 6.79. The molecule has 7 heteroatoms. The van der Waals surface area contributed by atoms with Gasteiger partial charge in [-0.3, -0.25) is 4.72 Å². The van der Waals surface area contributed by atoms with Gasteiger partial charge in [0.2, 0.25) is 0 Å². The van der Waals surface area contributed by atoms with Crippen LogP contribution < -0.4 is 15.2 Å². The minimum atomic E-state index is -3.74. The number of methoxy groups -OCH3 is 1. The van der Waals surface area contributed by atoms with Gasteiger partial charge in [0.15, 0.2) is 0 Å². The Kier molecular flexibility index (Phi) is 5.07. The van der Waals surface area contributed by atoms with Crippen molar-refractivity contribution in [3.8, 4) is 5.75 Å². The fourth-order valence-electron chi connectivity index (χ4n) is 1.82. The lowest BCUT2D eigenvalue weighted by atomic mass is 10.2. The van der Waals surface area contributed by atoms with Crippen LogP contribution in [-0.4, -0.2) is 15.5 Å². The lowest BCUT2D eigenvalue weighted by molar-refractivity contribution is 0.402. The highest BCUT2D eigenvalue weighted by molar-refractivity contribution is 14.1. The number of halogens is 1. The van der Waals surface area contributed by atoms with Crippen LogP contribution in [0.3, 0.4) is 0 Å². The summed E-state index contributed by atoms with van der Waals surface area (Å²) < 4.78 is 33.7. The standard InChI is InChI=1S/C14H15IN2O3S/c1-20-13-6-5-10(9-16)7-14(13)21(18,19)17-12-4-2-3-11(15)8-12/h2-8,17H,9,16H2,1H3. The minimum absolute atomic E-state index is 0.0758. The number of sulfonamides is 1. The number of ether oxygens (including phenoxy) is 1. The Balaban J connectivity index is 2.43. The number of nitrogens with one attached hydrogen (secondary N) is 1. The second-order valence-electron chi connectivity index (χ2n) is 4.31. The van der Waals surface area contributed by atoms with E-state index in [0.717, 1.165) is 9.13 Å². The minimum Gasteiger partial charge on any atom is -0.495 e. The average Bonchev–Trinajstić information content (AvgIpc) is 2.46. The van der Waals surface area contributed by atoms with Gasteiger partial charge < -0.3 is 10.5 Å². The van der Waals surface area contributed by atoms with E-state index in [1.54, 1.807) is 30.3 Å². The fraction of sp³-hybridized carbons (Fsp3) is 0.143. The van der Waals surface area contributed by atoms with Crippen LogP contribution in [0.1, 0.15) is 5.56 Å². The number of nitrogens with two attached hydrogens (primary N) is 1. The zero-order valence-corrected chi connectivity index (χ0v) is 14.3. The van der Waals surface area contributed by atoms with Crippen LogP contribution in [0.15, 0.2) is 47.4 Å².